The SMILES string of the molecule is CCCCNc1ccc2ncc(C3=CCC(CN(C)C(=O)c4ccccc4C=O)CC3)n2n1. The van der Waals surface area contributed by atoms with Crippen molar-refractivity contribution in [1.82, 2.24) is 19.5 Å². The van der Waals surface area contributed by atoms with Crippen LogP contribution in [0.15, 0.2) is 48.7 Å². The lowest BCUT2D eigenvalue weighted by molar-refractivity contribution is 0.0767. The minimum absolute atomic E-state index is 0.110. The van der Waals surface area contributed by atoms with Crippen LogP contribution in [0.2, 0.25) is 0 Å². The van der Waals surface area contributed by atoms with E-state index in [1.807, 2.05) is 29.9 Å². The van der Waals surface area contributed by atoms with Gasteiger partial charge >= 0.3 is 0 Å². The highest BCUT2D eigenvalue weighted by atomic mass is 16.2. The molecule has 0 aliphatic heterocycles. The van der Waals surface area contributed by atoms with Crippen molar-refractivity contribution in [2.75, 3.05) is 25.5 Å². The smallest absolute Gasteiger partial charge is 0.254 e. The Bertz CT molecular complexity index is 1170. The van der Waals surface area contributed by atoms with Gasteiger partial charge in [0.05, 0.1) is 17.5 Å². The lowest BCUT2D eigenvalue weighted by Crippen LogP contribution is -2.33. The first-order valence-electron chi connectivity index (χ1n) is 11.7. The van der Waals surface area contributed by atoms with Crippen LogP contribution in [-0.4, -0.2) is 51.8 Å². The Morgan fingerprint density at radius 2 is 2.12 bits per heavy atom. The standard InChI is InChI=1S/C26H31N5O2/c1-3-4-15-27-24-13-14-25-28-16-23(31(25)29-24)20-11-9-19(10-12-20)17-30(2)26(33)22-8-6-5-7-21(22)18-32/h5-8,11,13-14,16,18-19H,3-4,9-10,12,15,17H2,1-2H3,(H,27,29). The summed E-state index contributed by atoms with van der Waals surface area (Å²) in [4.78, 5) is 30.4. The largest absolute Gasteiger partial charge is 0.369 e. The zero-order valence-corrected chi connectivity index (χ0v) is 19.3. The summed E-state index contributed by atoms with van der Waals surface area (Å²) < 4.78 is 1.92. The van der Waals surface area contributed by atoms with Gasteiger partial charge in [-0.25, -0.2) is 9.50 Å². The Labute approximate surface area is 194 Å². The number of anilines is 1. The molecule has 0 saturated carbocycles. The van der Waals surface area contributed by atoms with Crippen LogP contribution in [0.1, 0.15) is 65.4 Å². The maximum absolute atomic E-state index is 12.8. The van der Waals surface area contributed by atoms with E-state index in [1.165, 1.54) is 5.57 Å². The topological polar surface area (TPSA) is 79.6 Å². The normalized spacial score (nSPS) is 15.8. The third-order valence-corrected chi connectivity index (χ3v) is 6.24. The zero-order valence-electron chi connectivity index (χ0n) is 19.3. The van der Waals surface area contributed by atoms with Crippen molar-refractivity contribution in [2.24, 2.45) is 5.92 Å². The lowest BCUT2D eigenvalue weighted by Gasteiger charge is -2.27. The summed E-state index contributed by atoms with van der Waals surface area (Å²) in [6.07, 6.45) is 9.95. The monoisotopic (exact) mass is 445 g/mol. The van der Waals surface area contributed by atoms with Gasteiger partial charge in [0.25, 0.3) is 5.91 Å². The molecule has 3 aromatic rings. The highest BCUT2D eigenvalue weighted by Gasteiger charge is 2.22. The predicted octanol–water partition coefficient (Wildman–Crippen LogP) is 4.71. The second-order valence-electron chi connectivity index (χ2n) is 8.67. The fourth-order valence-electron chi connectivity index (χ4n) is 4.34. The summed E-state index contributed by atoms with van der Waals surface area (Å²) in [7, 11) is 1.81. The fourth-order valence-corrected chi connectivity index (χ4v) is 4.34. The van der Waals surface area contributed by atoms with Gasteiger partial charge in [0.1, 0.15) is 5.82 Å². The van der Waals surface area contributed by atoms with Crippen LogP contribution < -0.4 is 5.32 Å². The molecule has 1 N–H and O–H groups in total. The summed E-state index contributed by atoms with van der Waals surface area (Å²) in [6, 6.07) is 10.9. The van der Waals surface area contributed by atoms with E-state index >= 15 is 0 Å². The molecule has 1 aliphatic rings. The van der Waals surface area contributed by atoms with Gasteiger partial charge in [-0.05, 0) is 55.4 Å². The minimum Gasteiger partial charge on any atom is -0.369 e. The molecule has 33 heavy (non-hydrogen) atoms. The maximum Gasteiger partial charge on any atom is 0.254 e. The Balaban J connectivity index is 1.42. The molecule has 1 atom stereocenters. The summed E-state index contributed by atoms with van der Waals surface area (Å²) in [5.74, 6) is 1.13. The second kappa shape index (κ2) is 10.4. The first-order chi connectivity index (χ1) is 16.1. The van der Waals surface area contributed by atoms with Crippen LogP contribution >= 0.6 is 0 Å². The Morgan fingerprint density at radius 1 is 1.27 bits per heavy atom. The van der Waals surface area contributed by atoms with Crippen molar-refractivity contribution in [3.8, 4) is 0 Å². The third-order valence-electron chi connectivity index (χ3n) is 6.24. The van der Waals surface area contributed by atoms with E-state index in [0.29, 0.717) is 23.6 Å². The number of carbonyl (C=O) groups is 2. The first-order valence-corrected chi connectivity index (χ1v) is 11.7. The van der Waals surface area contributed by atoms with E-state index in [9.17, 15) is 9.59 Å². The van der Waals surface area contributed by atoms with Gasteiger partial charge in [0, 0.05) is 25.7 Å². The quantitative estimate of drug-likeness (QED) is 0.381. The molecular weight excluding hydrogens is 414 g/mol. The van der Waals surface area contributed by atoms with E-state index < -0.39 is 0 Å². The van der Waals surface area contributed by atoms with Crippen LogP contribution in [0.4, 0.5) is 5.82 Å². The molecule has 0 bridgehead atoms. The molecule has 0 spiro atoms. The number of unbranched alkanes of at least 4 members (excludes halogenated alkanes) is 1. The average Bonchev–Trinajstić information content (AvgIpc) is 3.27. The predicted molar refractivity (Wildman–Crippen MR) is 130 cm³/mol. The molecule has 0 fully saturated rings. The number of nitrogens with zero attached hydrogens (tertiary/aromatic N) is 4. The summed E-state index contributed by atoms with van der Waals surface area (Å²) in [5.41, 5.74) is 4.02. The molecule has 7 heteroatoms. The Kier molecular flexibility index (Phi) is 7.17. The number of aromatic nitrogens is 3. The molecule has 2 aromatic heterocycles. The number of hydrogen-bond donors (Lipinski definition) is 1. The third kappa shape index (κ3) is 5.13. The van der Waals surface area contributed by atoms with E-state index in [0.717, 1.165) is 62.1 Å². The van der Waals surface area contributed by atoms with Crippen LogP contribution in [-0.2, 0) is 0 Å². The van der Waals surface area contributed by atoms with E-state index in [2.05, 4.69) is 23.3 Å². The molecule has 1 aromatic carbocycles. The van der Waals surface area contributed by atoms with Crippen molar-refractivity contribution in [1.29, 1.82) is 0 Å². The van der Waals surface area contributed by atoms with Gasteiger partial charge < -0.3 is 10.2 Å². The van der Waals surface area contributed by atoms with Gasteiger partial charge in [-0.2, -0.15) is 0 Å². The van der Waals surface area contributed by atoms with E-state index in [1.54, 1.807) is 29.2 Å². The van der Waals surface area contributed by atoms with Gasteiger partial charge in [0.15, 0.2) is 11.9 Å². The summed E-state index contributed by atoms with van der Waals surface area (Å²) in [6.45, 7) is 3.74. The summed E-state index contributed by atoms with van der Waals surface area (Å²) >= 11 is 0. The lowest BCUT2D eigenvalue weighted by atomic mass is 9.88. The molecular formula is C26H31N5O2. The van der Waals surface area contributed by atoms with Crippen molar-refractivity contribution in [3.63, 3.8) is 0 Å². The molecule has 4 rings (SSSR count). The molecule has 7 nitrogen and oxygen atoms in total. The number of imidazole rings is 1. The second-order valence-corrected chi connectivity index (χ2v) is 8.67. The molecule has 0 saturated heterocycles. The molecule has 1 amide bonds. The van der Waals surface area contributed by atoms with Crippen LogP contribution in [0.3, 0.4) is 0 Å². The number of allylic oxidation sites excluding steroid dienone is 2. The number of hydrogen-bond acceptors (Lipinski definition) is 5. The van der Waals surface area contributed by atoms with Crippen LogP contribution in [0.25, 0.3) is 11.2 Å². The number of nitrogens with one attached hydrogen (secondary N) is 1. The first kappa shape index (κ1) is 22.7. The molecule has 1 aliphatic carbocycles. The van der Waals surface area contributed by atoms with Gasteiger partial charge in [-0.1, -0.05) is 37.6 Å². The van der Waals surface area contributed by atoms with Crippen molar-refractivity contribution in [2.45, 2.75) is 39.0 Å². The molecule has 1 unspecified atom stereocenters. The average molecular weight is 446 g/mol. The maximum atomic E-state index is 12.8. The number of fused-ring (bicyclic) bond motifs is 1. The Hall–Kier alpha value is -3.48. The zero-order chi connectivity index (χ0) is 23.2. The van der Waals surface area contributed by atoms with Crippen LogP contribution in [0, 0.1) is 5.92 Å². The van der Waals surface area contributed by atoms with Crippen molar-refractivity contribution in [3.05, 3.63) is 65.5 Å². The Morgan fingerprint density at radius 3 is 2.88 bits per heavy atom. The van der Waals surface area contributed by atoms with Gasteiger partial charge in [0.2, 0.25) is 0 Å². The molecule has 2 heterocycles. The number of rotatable bonds is 9. The number of benzene rings is 1. The van der Waals surface area contributed by atoms with E-state index in [-0.39, 0.29) is 5.91 Å². The molecule has 0 radical (unpaired) electrons. The number of aldehydes is 1. The fraction of sp³-hybridized carbons (Fsp3) is 0.385. The number of carbonyl (C=O) groups excluding carboxylic acids is 2. The van der Waals surface area contributed by atoms with Gasteiger partial charge in [-0.3, -0.25) is 9.59 Å². The summed E-state index contributed by atoms with van der Waals surface area (Å²) in [5, 5.41) is 8.12. The van der Waals surface area contributed by atoms with Gasteiger partial charge in [-0.15, -0.1) is 5.10 Å². The highest BCUT2D eigenvalue weighted by Crippen LogP contribution is 2.31. The van der Waals surface area contributed by atoms with Crippen molar-refractivity contribution >= 4 is 29.2 Å². The van der Waals surface area contributed by atoms with Crippen LogP contribution in [0.5, 0.6) is 0 Å². The minimum atomic E-state index is -0.110. The number of amides is 1. The molecule has 172 valence electrons. The van der Waals surface area contributed by atoms with E-state index in [4.69, 9.17) is 5.10 Å². The van der Waals surface area contributed by atoms with Crippen molar-refractivity contribution < 1.29 is 9.59 Å². The highest BCUT2D eigenvalue weighted by molar-refractivity contribution is 6.01.